The van der Waals surface area contributed by atoms with Gasteiger partial charge in [-0.25, -0.2) is 4.79 Å². The number of aromatic nitrogens is 2. The first-order chi connectivity index (χ1) is 9.90. The van der Waals surface area contributed by atoms with E-state index >= 15 is 0 Å². The van der Waals surface area contributed by atoms with E-state index in [1.54, 1.807) is 7.05 Å². The van der Waals surface area contributed by atoms with Crippen molar-refractivity contribution in [2.45, 2.75) is 19.9 Å². The molecule has 0 saturated heterocycles. The predicted molar refractivity (Wildman–Crippen MR) is 77.2 cm³/mol. The second kappa shape index (κ2) is 5.78. The fourth-order valence-electron chi connectivity index (χ4n) is 2.15. The summed E-state index contributed by atoms with van der Waals surface area (Å²) in [4.78, 5) is 23.4. The largest absolute Gasteiger partial charge is 0.478 e. The lowest BCUT2D eigenvalue weighted by Crippen LogP contribution is -2.29. The molecule has 0 aliphatic rings. The Morgan fingerprint density at radius 3 is 2.71 bits per heavy atom. The van der Waals surface area contributed by atoms with E-state index in [9.17, 15) is 9.59 Å². The van der Waals surface area contributed by atoms with Crippen LogP contribution in [0.5, 0.6) is 0 Å². The summed E-state index contributed by atoms with van der Waals surface area (Å²) in [7, 11) is 1.54. The number of carbonyl (C=O) groups is 2. The summed E-state index contributed by atoms with van der Waals surface area (Å²) in [6.07, 6.45) is 1.18. The van der Waals surface area contributed by atoms with Crippen LogP contribution in [0.4, 0.5) is 0 Å². The van der Waals surface area contributed by atoms with Crippen LogP contribution in [-0.4, -0.2) is 26.8 Å². The fourth-order valence-corrected chi connectivity index (χ4v) is 2.15. The molecule has 0 fully saturated rings. The van der Waals surface area contributed by atoms with Gasteiger partial charge in [-0.05, 0) is 19.4 Å². The zero-order valence-electron chi connectivity index (χ0n) is 12.1. The number of aromatic carboxylic acids is 1. The highest BCUT2D eigenvalue weighted by atomic mass is 16.4. The lowest BCUT2D eigenvalue weighted by Gasteiger charge is -2.15. The Labute approximate surface area is 122 Å². The maximum Gasteiger partial charge on any atom is 0.339 e. The SMILES string of the molecule is Cc1cccc(C(C)NC(=O)c2c(C(=O)O)cnn2C)c1. The molecule has 2 aromatic rings. The highest BCUT2D eigenvalue weighted by molar-refractivity contribution is 6.03. The minimum Gasteiger partial charge on any atom is -0.478 e. The molecule has 1 aromatic carbocycles. The highest BCUT2D eigenvalue weighted by Crippen LogP contribution is 2.15. The van der Waals surface area contributed by atoms with E-state index in [1.165, 1.54) is 10.9 Å². The lowest BCUT2D eigenvalue weighted by atomic mass is 10.1. The summed E-state index contributed by atoms with van der Waals surface area (Å²) in [6.45, 7) is 3.82. The van der Waals surface area contributed by atoms with Crippen molar-refractivity contribution in [1.82, 2.24) is 15.1 Å². The van der Waals surface area contributed by atoms with Crippen molar-refractivity contribution >= 4 is 11.9 Å². The standard InChI is InChI=1S/C15H17N3O3/c1-9-5-4-6-11(7-9)10(2)17-14(19)13-12(15(20)21)8-16-18(13)3/h4-8,10H,1-3H3,(H,17,19)(H,20,21). The molecule has 2 N–H and O–H groups in total. The monoisotopic (exact) mass is 287 g/mol. The molecule has 6 nitrogen and oxygen atoms in total. The predicted octanol–water partition coefficient (Wildman–Crippen LogP) is 1.92. The Bertz CT molecular complexity index is 691. The van der Waals surface area contributed by atoms with Crippen LogP contribution in [0, 0.1) is 6.92 Å². The summed E-state index contributed by atoms with van der Waals surface area (Å²) < 4.78 is 1.27. The molecule has 1 amide bonds. The van der Waals surface area contributed by atoms with Crippen LogP contribution in [0.2, 0.25) is 0 Å². The summed E-state index contributed by atoms with van der Waals surface area (Å²) in [5.74, 6) is -1.63. The summed E-state index contributed by atoms with van der Waals surface area (Å²) >= 11 is 0. The second-order valence-corrected chi connectivity index (χ2v) is 4.94. The zero-order chi connectivity index (χ0) is 15.6. The van der Waals surface area contributed by atoms with Crippen LogP contribution in [0.1, 0.15) is 44.9 Å². The average Bonchev–Trinajstić information content (AvgIpc) is 2.80. The minimum absolute atomic E-state index is 0.0435. The van der Waals surface area contributed by atoms with Crippen LogP contribution in [0.25, 0.3) is 0 Å². The third-order valence-corrected chi connectivity index (χ3v) is 3.27. The molecular weight excluding hydrogens is 270 g/mol. The number of aryl methyl sites for hydroxylation is 2. The maximum atomic E-state index is 12.3. The molecule has 0 radical (unpaired) electrons. The summed E-state index contributed by atoms with van der Waals surface area (Å²) in [5, 5.41) is 15.7. The molecule has 1 heterocycles. The van der Waals surface area contributed by atoms with E-state index in [0.29, 0.717) is 0 Å². The van der Waals surface area contributed by atoms with Crippen LogP contribution in [0.3, 0.4) is 0 Å². The Balaban J connectivity index is 2.22. The molecule has 0 spiro atoms. The van der Waals surface area contributed by atoms with Crippen LogP contribution >= 0.6 is 0 Å². The summed E-state index contributed by atoms with van der Waals surface area (Å²) in [6, 6.07) is 7.56. The van der Waals surface area contributed by atoms with Crippen molar-refractivity contribution in [1.29, 1.82) is 0 Å². The third kappa shape index (κ3) is 3.10. The number of carboxylic acid groups (broad SMARTS) is 1. The molecule has 110 valence electrons. The fraction of sp³-hybridized carbons (Fsp3) is 0.267. The molecule has 1 unspecified atom stereocenters. The van der Waals surface area contributed by atoms with Crippen molar-refractivity contribution < 1.29 is 14.7 Å². The molecule has 0 saturated carbocycles. The Kier molecular flexibility index (Phi) is 4.07. The van der Waals surface area contributed by atoms with Crippen molar-refractivity contribution in [2.24, 2.45) is 7.05 Å². The van der Waals surface area contributed by atoms with E-state index in [0.717, 1.165) is 11.1 Å². The van der Waals surface area contributed by atoms with Gasteiger partial charge in [0, 0.05) is 7.05 Å². The second-order valence-electron chi connectivity index (χ2n) is 4.94. The van der Waals surface area contributed by atoms with Gasteiger partial charge < -0.3 is 10.4 Å². The lowest BCUT2D eigenvalue weighted by molar-refractivity contribution is 0.0690. The molecule has 6 heteroatoms. The van der Waals surface area contributed by atoms with Gasteiger partial charge in [-0.2, -0.15) is 5.10 Å². The molecule has 1 aromatic heterocycles. The number of nitrogens with zero attached hydrogens (tertiary/aromatic N) is 2. The number of nitrogens with one attached hydrogen (secondary N) is 1. The van der Waals surface area contributed by atoms with Gasteiger partial charge in [0.25, 0.3) is 5.91 Å². The number of carboxylic acids is 1. The van der Waals surface area contributed by atoms with Gasteiger partial charge >= 0.3 is 5.97 Å². The van der Waals surface area contributed by atoms with Crippen molar-refractivity contribution in [3.63, 3.8) is 0 Å². The molecule has 21 heavy (non-hydrogen) atoms. The number of hydrogen-bond donors (Lipinski definition) is 2. The number of benzene rings is 1. The van der Waals surface area contributed by atoms with Gasteiger partial charge in [-0.15, -0.1) is 0 Å². The van der Waals surface area contributed by atoms with E-state index < -0.39 is 11.9 Å². The number of carbonyl (C=O) groups excluding carboxylic acids is 1. The van der Waals surface area contributed by atoms with Crippen molar-refractivity contribution in [2.75, 3.05) is 0 Å². The first-order valence-electron chi connectivity index (χ1n) is 6.53. The van der Waals surface area contributed by atoms with Gasteiger partial charge in [-0.3, -0.25) is 9.48 Å². The Morgan fingerprint density at radius 2 is 2.10 bits per heavy atom. The number of amides is 1. The van der Waals surface area contributed by atoms with Crippen molar-refractivity contribution in [3.8, 4) is 0 Å². The van der Waals surface area contributed by atoms with E-state index in [-0.39, 0.29) is 17.3 Å². The number of rotatable bonds is 4. The molecule has 1 atom stereocenters. The zero-order valence-corrected chi connectivity index (χ0v) is 12.1. The van der Waals surface area contributed by atoms with Gasteiger partial charge in [0.2, 0.25) is 0 Å². The Hall–Kier alpha value is -2.63. The van der Waals surface area contributed by atoms with Gasteiger partial charge in [-0.1, -0.05) is 29.8 Å². The normalized spacial score (nSPS) is 12.0. The van der Waals surface area contributed by atoms with Crippen LogP contribution in [0.15, 0.2) is 30.5 Å². The van der Waals surface area contributed by atoms with Gasteiger partial charge in [0.1, 0.15) is 11.3 Å². The molecule has 0 bridgehead atoms. The van der Waals surface area contributed by atoms with Gasteiger partial charge in [0.05, 0.1) is 12.2 Å². The van der Waals surface area contributed by atoms with Gasteiger partial charge in [0.15, 0.2) is 0 Å². The van der Waals surface area contributed by atoms with E-state index in [2.05, 4.69) is 10.4 Å². The maximum absolute atomic E-state index is 12.3. The van der Waals surface area contributed by atoms with E-state index in [4.69, 9.17) is 5.11 Å². The first kappa shape index (κ1) is 14.8. The average molecular weight is 287 g/mol. The van der Waals surface area contributed by atoms with Crippen molar-refractivity contribution in [3.05, 3.63) is 52.8 Å². The first-order valence-corrected chi connectivity index (χ1v) is 6.53. The smallest absolute Gasteiger partial charge is 0.339 e. The third-order valence-electron chi connectivity index (χ3n) is 3.27. The molecule has 0 aliphatic carbocycles. The number of hydrogen-bond acceptors (Lipinski definition) is 3. The highest BCUT2D eigenvalue weighted by Gasteiger charge is 2.22. The Morgan fingerprint density at radius 1 is 1.38 bits per heavy atom. The minimum atomic E-state index is -1.17. The molecule has 0 aliphatic heterocycles. The quantitative estimate of drug-likeness (QED) is 0.899. The van der Waals surface area contributed by atoms with Crippen LogP contribution < -0.4 is 5.32 Å². The topological polar surface area (TPSA) is 84.2 Å². The summed E-state index contributed by atoms with van der Waals surface area (Å²) in [5.41, 5.74) is 2.00. The molecular formula is C15H17N3O3. The van der Waals surface area contributed by atoms with Crippen LogP contribution in [-0.2, 0) is 7.05 Å². The van der Waals surface area contributed by atoms with E-state index in [1.807, 2.05) is 38.1 Å². The molecule has 2 rings (SSSR count).